The van der Waals surface area contributed by atoms with Crippen LogP contribution in [0.1, 0.15) is 27.2 Å². The fraction of sp³-hybridized carbons (Fsp3) is 0.917. The first-order valence-electron chi connectivity index (χ1n) is 6.11. The summed E-state index contributed by atoms with van der Waals surface area (Å²) < 4.78 is 0. The van der Waals surface area contributed by atoms with Gasteiger partial charge >= 0.3 is 0 Å². The number of carbonyl (C=O) groups excluding carboxylic acids is 1. The molecule has 2 aliphatic heterocycles. The normalized spacial score (nSPS) is 35.3. The van der Waals surface area contributed by atoms with Gasteiger partial charge < -0.3 is 5.32 Å². The Kier molecular flexibility index (Phi) is 4.74. The van der Waals surface area contributed by atoms with Gasteiger partial charge in [0.2, 0.25) is 0 Å². The minimum Gasteiger partial charge on any atom is -0.316 e. The molecule has 0 aromatic heterocycles. The average Bonchev–Trinajstić information content (AvgIpc) is 2.56. The summed E-state index contributed by atoms with van der Waals surface area (Å²) in [5.74, 6) is 1.65. The SMILES string of the molecule is CC.CC(=O)C1C2CNCCC2CN1C. The van der Waals surface area contributed by atoms with Gasteiger partial charge in [0.25, 0.3) is 0 Å². The highest BCUT2D eigenvalue weighted by Crippen LogP contribution is 2.32. The van der Waals surface area contributed by atoms with E-state index in [0.29, 0.717) is 11.7 Å². The van der Waals surface area contributed by atoms with E-state index in [4.69, 9.17) is 0 Å². The van der Waals surface area contributed by atoms with Crippen LogP contribution in [-0.2, 0) is 4.79 Å². The second-order valence-electron chi connectivity index (χ2n) is 4.41. The Morgan fingerprint density at radius 2 is 2.07 bits per heavy atom. The number of nitrogens with zero attached hydrogens (tertiary/aromatic N) is 1. The number of Topliss-reactive ketones (excluding diaryl/α,β-unsaturated/α-hetero) is 1. The van der Waals surface area contributed by atoms with Gasteiger partial charge in [0.1, 0.15) is 5.78 Å². The molecule has 2 fully saturated rings. The molecule has 0 aromatic rings. The molecular weight excluding hydrogens is 188 g/mol. The second-order valence-corrected chi connectivity index (χ2v) is 4.41. The molecule has 0 saturated carbocycles. The maximum Gasteiger partial charge on any atom is 0.147 e. The number of nitrogens with one attached hydrogen (secondary N) is 1. The van der Waals surface area contributed by atoms with E-state index in [1.807, 2.05) is 13.8 Å². The largest absolute Gasteiger partial charge is 0.316 e. The highest BCUT2D eigenvalue weighted by molar-refractivity contribution is 5.82. The van der Waals surface area contributed by atoms with Crippen molar-refractivity contribution >= 4 is 5.78 Å². The lowest BCUT2D eigenvalue weighted by atomic mass is 9.84. The van der Waals surface area contributed by atoms with Crippen LogP contribution in [0.5, 0.6) is 0 Å². The van der Waals surface area contributed by atoms with E-state index < -0.39 is 0 Å². The Bertz CT molecular complexity index is 218. The Morgan fingerprint density at radius 3 is 2.67 bits per heavy atom. The van der Waals surface area contributed by atoms with Gasteiger partial charge in [-0.05, 0) is 38.8 Å². The number of fused-ring (bicyclic) bond motifs is 1. The summed E-state index contributed by atoms with van der Waals surface area (Å²) >= 11 is 0. The Hall–Kier alpha value is -0.410. The average molecular weight is 212 g/mol. The summed E-state index contributed by atoms with van der Waals surface area (Å²) in [5.41, 5.74) is 0. The molecular formula is C12H24N2O. The van der Waals surface area contributed by atoms with Crippen LogP contribution in [0.15, 0.2) is 0 Å². The molecule has 15 heavy (non-hydrogen) atoms. The van der Waals surface area contributed by atoms with Crippen molar-refractivity contribution in [2.24, 2.45) is 11.8 Å². The Balaban J connectivity index is 0.000000531. The van der Waals surface area contributed by atoms with Crippen molar-refractivity contribution in [3.8, 4) is 0 Å². The van der Waals surface area contributed by atoms with E-state index in [1.165, 1.54) is 6.42 Å². The van der Waals surface area contributed by atoms with Crippen LogP contribution in [-0.4, -0.2) is 43.4 Å². The topological polar surface area (TPSA) is 32.3 Å². The van der Waals surface area contributed by atoms with Crippen LogP contribution in [0, 0.1) is 11.8 Å². The van der Waals surface area contributed by atoms with Gasteiger partial charge in [-0.15, -0.1) is 0 Å². The Morgan fingerprint density at radius 1 is 1.40 bits per heavy atom. The minimum atomic E-state index is 0.179. The molecule has 3 heteroatoms. The van der Waals surface area contributed by atoms with Crippen molar-refractivity contribution in [3.05, 3.63) is 0 Å². The van der Waals surface area contributed by atoms with Crippen LogP contribution >= 0.6 is 0 Å². The molecule has 2 heterocycles. The van der Waals surface area contributed by atoms with Gasteiger partial charge in [-0.25, -0.2) is 0 Å². The van der Waals surface area contributed by atoms with E-state index in [2.05, 4.69) is 17.3 Å². The third-order valence-electron chi connectivity index (χ3n) is 3.50. The van der Waals surface area contributed by atoms with Gasteiger partial charge in [0.15, 0.2) is 0 Å². The highest BCUT2D eigenvalue weighted by atomic mass is 16.1. The van der Waals surface area contributed by atoms with Crippen molar-refractivity contribution in [2.45, 2.75) is 33.2 Å². The van der Waals surface area contributed by atoms with Crippen LogP contribution in [0.3, 0.4) is 0 Å². The molecule has 2 saturated heterocycles. The molecule has 0 aromatic carbocycles. The van der Waals surface area contributed by atoms with Gasteiger partial charge in [0, 0.05) is 13.1 Å². The number of hydrogen-bond acceptors (Lipinski definition) is 3. The maximum absolute atomic E-state index is 11.4. The van der Waals surface area contributed by atoms with Crippen LogP contribution in [0.2, 0.25) is 0 Å². The monoisotopic (exact) mass is 212 g/mol. The first-order chi connectivity index (χ1) is 7.20. The smallest absolute Gasteiger partial charge is 0.147 e. The lowest BCUT2D eigenvalue weighted by molar-refractivity contribution is -0.122. The fourth-order valence-electron chi connectivity index (χ4n) is 2.96. The van der Waals surface area contributed by atoms with Crippen LogP contribution in [0.4, 0.5) is 0 Å². The summed E-state index contributed by atoms with van der Waals surface area (Å²) in [6.45, 7) is 8.98. The van der Waals surface area contributed by atoms with E-state index >= 15 is 0 Å². The number of likely N-dealkylation sites (tertiary alicyclic amines) is 1. The number of hydrogen-bond donors (Lipinski definition) is 1. The van der Waals surface area contributed by atoms with E-state index in [0.717, 1.165) is 25.6 Å². The van der Waals surface area contributed by atoms with E-state index in [1.54, 1.807) is 6.92 Å². The molecule has 2 rings (SSSR count). The molecule has 0 amide bonds. The van der Waals surface area contributed by atoms with Crippen molar-refractivity contribution in [1.82, 2.24) is 10.2 Å². The molecule has 0 aliphatic carbocycles. The third-order valence-corrected chi connectivity index (χ3v) is 3.50. The Labute approximate surface area is 93.2 Å². The van der Waals surface area contributed by atoms with Crippen LogP contribution < -0.4 is 5.32 Å². The minimum absolute atomic E-state index is 0.179. The predicted molar refractivity (Wildman–Crippen MR) is 62.9 cm³/mol. The molecule has 88 valence electrons. The van der Waals surface area contributed by atoms with E-state index in [-0.39, 0.29) is 6.04 Å². The summed E-state index contributed by atoms with van der Waals surface area (Å²) in [6.07, 6.45) is 1.23. The van der Waals surface area contributed by atoms with Crippen molar-refractivity contribution < 1.29 is 4.79 Å². The lowest BCUT2D eigenvalue weighted by Gasteiger charge is -2.28. The quantitative estimate of drug-likeness (QED) is 0.707. The molecule has 3 unspecified atom stereocenters. The maximum atomic E-state index is 11.4. The summed E-state index contributed by atoms with van der Waals surface area (Å²) in [5, 5.41) is 3.38. The molecule has 3 atom stereocenters. The standard InChI is InChI=1S/C10H18N2O.C2H6/c1-7(13)10-9-5-11-4-3-8(9)6-12(10)2;1-2/h8-11H,3-6H2,1-2H3;1-2H3. The number of carbonyl (C=O) groups is 1. The number of piperidine rings is 1. The summed E-state index contributed by atoms with van der Waals surface area (Å²) in [7, 11) is 2.07. The van der Waals surface area contributed by atoms with Crippen LogP contribution in [0.25, 0.3) is 0 Å². The van der Waals surface area contributed by atoms with Crippen molar-refractivity contribution in [2.75, 3.05) is 26.7 Å². The molecule has 0 radical (unpaired) electrons. The molecule has 0 spiro atoms. The molecule has 0 bridgehead atoms. The van der Waals surface area contributed by atoms with Gasteiger partial charge in [-0.3, -0.25) is 9.69 Å². The lowest BCUT2D eigenvalue weighted by Crippen LogP contribution is -2.43. The molecule has 3 nitrogen and oxygen atoms in total. The molecule has 2 aliphatic rings. The first-order valence-corrected chi connectivity index (χ1v) is 6.11. The summed E-state index contributed by atoms with van der Waals surface area (Å²) in [4.78, 5) is 13.7. The highest BCUT2D eigenvalue weighted by Gasteiger charge is 2.42. The summed E-state index contributed by atoms with van der Waals surface area (Å²) in [6, 6.07) is 0.179. The zero-order chi connectivity index (χ0) is 11.4. The first kappa shape index (κ1) is 12.7. The van der Waals surface area contributed by atoms with E-state index in [9.17, 15) is 4.79 Å². The zero-order valence-electron chi connectivity index (χ0n) is 10.4. The van der Waals surface area contributed by atoms with Gasteiger partial charge in [-0.2, -0.15) is 0 Å². The fourth-order valence-corrected chi connectivity index (χ4v) is 2.96. The van der Waals surface area contributed by atoms with Crippen molar-refractivity contribution in [3.63, 3.8) is 0 Å². The van der Waals surface area contributed by atoms with Crippen molar-refractivity contribution in [1.29, 1.82) is 0 Å². The zero-order valence-corrected chi connectivity index (χ0v) is 10.4. The second kappa shape index (κ2) is 5.61. The van der Waals surface area contributed by atoms with Gasteiger partial charge in [0.05, 0.1) is 6.04 Å². The molecule has 1 N–H and O–H groups in total. The van der Waals surface area contributed by atoms with Gasteiger partial charge in [-0.1, -0.05) is 13.8 Å². The number of ketones is 1. The number of rotatable bonds is 1. The number of likely N-dealkylation sites (N-methyl/N-ethyl adjacent to an activating group) is 1. The third kappa shape index (κ3) is 2.58. The predicted octanol–water partition coefficient (Wildman–Crippen LogP) is 1.14.